The van der Waals surface area contributed by atoms with Gasteiger partial charge in [0.1, 0.15) is 0 Å². The zero-order valence-electron chi connectivity index (χ0n) is 8.09. The lowest BCUT2D eigenvalue weighted by Crippen LogP contribution is -2.27. The lowest BCUT2D eigenvalue weighted by molar-refractivity contribution is -0.220. The van der Waals surface area contributed by atoms with Crippen LogP contribution in [0.1, 0.15) is 20.3 Å². The van der Waals surface area contributed by atoms with Crippen LogP contribution in [0.15, 0.2) is 11.7 Å². The molecule has 0 aliphatic carbocycles. The van der Waals surface area contributed by atoms with Gasteiger partial charge in [0, 0.05) is 6.42 Å². The molecule has 0 radical (unpaired) electrons. The standard InChI is InChI=1S/C8H10F6O/c1-3-7(11,12)5(9)6(10)8(13,14)15-4-2/h3-4H2,1-2H3/b6-5+. The molecule has 0 unspecified atom stereocenters. The number of allylic oxidation sites excluding steroid dienone is 1. The van der Waals surface area contributed by atoms with Crippen molar-refractivity contribution in [2.45, 2.75) is 32.3 Å². The van der Waals surface area contributed by atoms with Gasteiger partial charge in [0.25, 0.3) is 0 Å². The molecule has 0 N–H and O–H groups in total. The highest BCUT2D eigenvalue weighted by Gasteiger charge is 2.46. The fourth-order valence-electron chi connectivity index (χ4n) is 0.688. The molecule has 0 aromatic heterocycles. The summed E-state index contributed by atoms with van der Waals surface area (Å²) in [5, 5.41) is 0. The zero-order chi connectivity index (χ0) is 12.3. The van der Waals surface area contributed by atoms with Gasteiger partial charge >= 0.3 is 12.0 Å². The van der Waals surface area contributed by atoms with Crippen LogP contribution in [0.5, 0.6) is 0 Å². The van der Waals surface area contributed by atoms with Gasteiger partial charge in [-0.1, -0.05) is 6.92 Å². The fraction of sp³-hybridized carbons (Fsp3) is 0.750. The number of hydrogen-bond donors (Lipinski definition) is 0. The molecule has 0 heterocycles. The summed E-state index contributed by atoms with van der Waals surface area (Å²) < 4.78 is 78.7. The second kappa shape index (κ2) is 4.87. The monoisotopic (exact) mass is 236 g/mol. The van der Waals surface area contributed by atoms with Gasteiger partial charge in [-0.15, -0.1) is 0 Å². The normalized spacial score (nSPS) is 15.2. The van der Waals surface area contributed by atoms with Crippen LogP contribution in [0.3, 0.4) is 0 Å². The van der Waals surface area contributed by atoms with E-state index in [9.17, 15) is 26.3 Å². The zero-order valence-corrected chi connectivity index (χ0v) is 8.09. The van der Waals surface area contributed by atoms with Crippen LogP contribution >= 0.6 is 0 Å². The molecule has 0 amide bonds. The summed E-state index contributed by atoms with van der Waals surface area (Å²) in [5.74, 6) is -9.91. The Morgan fingerprint density at radius 1 is 1.00 bits per heavy atom. The second-order valence-corrected chi connectivity index (χ2v) is 2.64. The minimum atomic E-state index is -4.66. The van der Waals surface area contributed by atoms with Gasteiger partial charge in [-0.05, 0) is 6.92 Å². The molecular formula is C8H10F6O. The molecule has 90 valence electrons. The first-order valence-electron chi connectivity index (χ1n) is 4.14. The third-order valence-corrected chi connectivity index (χ3v) is 1.54. The predicted molar refractivity (Wildman–Crippen MR) is 41.1 cm³/mol. The molecule has 0 atom stereocenters. The highest BCUT2D eigenvalue weighted by Crippen LogP contribution is 2.38. The number of ether oxygens (including phenoxy) is 1. The van der Waals surface area contributed by atoms with Gasteiger partial charge < -0.3 is 4.74 Å². The number of hydrogen-bond acceptors (Lipinski definition) is 1. The summed E-state index contributed by atoms with van der Waals surface area (Å²) in [5.41, 5.74) is 0. The lowest BCUT2D eigenvalue weighted by atomic mass is 10.2. The maximum atomic E-state index is 12.6. The van der Waals surface area contributed by atoms with Crippen LogP contribution in [0.4, 0.5) is 26.3 Å². The van der Waals surface area contributed by atoms with Crippen LogP contribution in [0.2, 0.25) is 0 Å². The van der Waals surface area contributed by atoms with Crippen molar-refractivity contribution in [1.82, 2.24) is 0 Å². The van der Waals surface area contributed by atoms with E-state index in [1.807, 2.05) is 0 Å². The van der Waals surface area contributed by atoms with Gasteiger partial charge in [-0.3, -0.25) is 0 Å². The molecule has 0 saturated heterocycles. The SMILES string of the molecule is CCOC(F)(F)/C(F)=C(\F)C(F)(F)CC. The minimum absolute atomic E-state index is 0.634. The lowest BCUT2D eigenvalue weighted by Gasteiger charge is -2.17. The van der Waals surface area contributed by atoms with E-state index in [1.54, 1.807) is 0 Å². The van der Waals surface area contributed by atoms with Crippen molar-refractivity contribution < 1.29 is 31.1 Å². The smallest absolute Gasteiger partial charge is 0.315 e. The molecule has 0 aromatic carbocycles. The average molecular weight is 236 g/mol. The Balaban J connectivity index is 5.09. The summed E-state index contributed by atoms with van der Waals surface area (Å²) in [7, 11) is 0. The van der Waals surface area contributed by atoms with Crippen LogP contribution in [-0.4, -0.2) is 18.6 Å². The Bertz CT molecular complexity index is 248. The van der Waals surface area contributed by atoms with Crippen molar-refractivity contribution in [3.63, 3.8) is 0 Å². The Labute approximate surface area is 82.7 Å². The van der Waals surface area contributed by atoms with Crippen molar-refractivity contribution in [2.75, 3.05) is 6.61 Å². The van der Waals surface area contributed by atoms with Gasteiger partial charge in [-0.25, -0.2) is 4.39 Å². The van der Waals surface area contributed by atoms with E-state index in [0.717, 1.165) is 13.8 Å². The summed E-state index contributed by atoms with van der Waals surface area (Å²) in [6.07, 6.45) is -5.77. The number of halogens is 6. The van der Waals surface area contributed by atoms with Crippen molar-refractivity contribution in [3.8, 4) is 0 Å². The van der Waals surface area contributed by atoms with E-state index < -0.39 is 36.7 Å². The first-order valence-corrected chi connectivity index (χ1v) is 4.14. The third-order valence-electron chi connectivity index (χ3n) is 1.54. The maximum absolute atomic E-state index is 12.6. The average Bonchev–Trinajstić information content (AvgIpc) is 2.15. The van der Waals surface area contributed by atoms with Crippen molar-refractivity contribution >= 4 is 0 Å². The first kappa shape index (κ1) is 14.3. The molecule has 0 aliphatic heterocycles. The molecule has 0 rings (SSSR count). The quantitative estimate of drug-likeness (QED) is 0.659. The highest BCUT2D eigenvalue weighted by atomic mass is 19.3. The Morgan fingerprint density at radius 3 is 1.80 bits per heavy atom. The van der Waals surface area contributed by atoms with Crippen LogP contribution in [-0.2, 0) is 4.74 Å². The first-order chi connectivity index (χ1) is 6.69. The molecule has 15 heavy (non-hydrogen) atoms. The van der Waals surface area contributed by atoms with Gasteiger partial charge in [0.2, 0.25) is 11.7 Å². The fourth-order valence-corrected chi connectivity index (χ4v) is 0.688. The van der Waals surface area contributed by atoms with Crippen molar-refractivity contribution in [1.29, 1.82) is 0 Å². The molecule has 0 bridgehead atoms. The van der Waals surface area contributed by atoms with Crippen molar-refractivity contribution in [2.24, 2.45) is 0 Å². The van der Waals surface area contributed by atoms with E-state index in [1.165, 1.54) is 0 Å². The molecule has 0 spiro atoms. The topological polar surface area (TPSA) is 9.23 Å². The number of rotatable bonds is 5. The highest BCUT2D eigenvalue weighted by molar-refractivity contribution is 5.13. The van der Waals surface area contributed by atoms with Crippen molar-refractivity contribution in [3.05, 3.63) is 11.7 Å². The minimum Gasteiger partial charge on any atom is -0.315 e. The van der Waals surface area contributed by atoms with E-state index in [-0.39, 0.29) is 0 Å². The Hall–Kier alpha value is -0.720. The Kier molecular flexibility index (Phi) is 4.64. The van der Waals surface area contributed by atoms with E-state index >= 15 is 0 Å². The van der Waals surface area contributed by atoms with E-state index in [0.29, 0.717) is 0 Å². The molecule has 1 nitrogen and oxygen atoms in total. The van der Waals surface area contributed by atoms with Gasteiger partial charge in [0.05, 0.1) is 6.61 Å². The van der Waals surface area contributed by atoms with Gasteiger partial charge in [0.15, 0.2) is 0 Å². The van der Waals surface area contributed by atoms with Gasteiger partial charge in [-0.2, -0.15) is 22.0 Å². The molecule has 0 aromatic rings. The Morgan fingerprint density at radius 2 is 1.47 bits per heavy atom. The largest absolute Gasteiger partial charge is 0.412 e. The second-order valence-electron chi connectivity index (χ2n) is 2.64. The van der Waals surface area contributed by atoms with Crippen LogP contribution in [0, 0.1) is 0 Å². The van der Waals surface area contributed by atoms with E-state index in [4.69, 9.17) is 0 Å². The molecular weight excluding hydrogens is 226 g/mol. The summed E-state index contributed by atoms with van der Waals surface area (Å²) in [6, 6.07) is 0. The molecule has 0 aliphatic rings. The summed E-state index contributed by atoms with van der Waals surface area (Å²) in [4.78, 5) is 0. The van der Waals surface area contributed by atoms with Crippen LogP contribution < -0.4 is 0 Å². The summed E-state index contributed by atoms with van der Waals surface area (Å²) >= 11 is 0. The molecule has 7 heteroatoms. The molecule has 0 fully saturated rings. The number of alkyl halides is 4. The molecule has 0 saturated carbocycles. The third kappa shape index (κ3) is 3.40. The maximum Gasteiger partial charge on any atom is 0.412 e. The predicted octanol–water partition coefficient (Wildman–Crippen LogP) is 3.81. The summed E-state index contributed by atoms with van der Waals surface area (Å²) in [6.45, 7) is 1.30. The van der Waals surface area contributed by atoms with Crippen LogP contribution in [0.25, 0.3) is 0 Å². The van der Waals surface area contributed by atoms with E-state index in [2.05, 4.69) is 4.74 Å².